The third-order valence-electron chi connectivity index (χ3n) is 4.88. The lowest BCUT2D eigenvalue weighted by Crippen LogP contribution is -2.52. The molecule has 1 aromatic carbocycles. The van der Waals surface area contributed by atoms with Crippen molar-refractivity contribution in [2.24, 2.45) is 5.92 Å². The van der Waals surface area contributed by atoms with Crippen LogP contribution in [0.2, 0.25) is 0 Å². The predicted octanol–water partition coefficient (Wildman–Crippen LogP) is 3.35. The van der Waals surface area contributed by atoms with Crippen LogP contribution in [0.1, 0.15) is 46.0 Å². The molecular weight excluding hydrogens is 276 g/mol. The number of rotatable bonds is 1. The monoisotopic (exact) mass is 300 g/mol. The Balaban J connectivity index is 1.94. The van der Waals surface area contributed by atoms with E-state index in [9.17, 15) is 9.59 Å². The summed E-state index contributed by atoms with van der Waals surface area (Å²) in [7, 11) is 0. The Morgan fingerprint density at radius 2 is 1.68 bits per heavy atom. The van der Waals surface area contributed by atoms with E-state index < -0.39 is 0 Å². The summed E-state index contributed by atoms with van der Waals surface area (Å²) in [6.07, 6.45) is 5.56. The van der Waals surface area contributed by atoms with Crippen molar-refractivity contribution in [3.63, 3.8) is 0 Å². The van der Waals surface area contributed by atoms with Gasteiger partial charge in [0.1, 0.15) is 0 Å². The Morgan fingerprint density at radius 3 is 2.32 bits per heavy atom. The maximum atomic E-state index is 13.0. The van der Waals surface area contributed by atoms with Gasteiger partial charge >= 0.3 is 0 Å². The molecule has 1 saturated carbocycles. The third-order valence-corrected chi connectivity index (χ3v) is 4.88. The predicted molar refractivity (Wildman–Crippen MR) is 88.0 cm³/mol. The van der Waals surface area contributed by atoms with Gasteiger partial charge in [-0.3, -0.25) is 9.59 Å². The molecule has 1 aliphatic heterocycles. The summed E-state index contributed by atoms with van der Waals surface area (Å²) in [4.78, 5) is 28.7. The lowest BCUT2D eigenvalue weighted by molar-refractivity contribution is -0.124. The second kappa shape index (κ2) is 6.11. The molecule has 22 heavy (non-hydrogen) atoms. The molecule has 0 bridgehead atoms. The maximum absolute atomic E-state index is 13.0. The zero-order chi connectivity index (χ0) is 15.7. The summed E-state index contributed by atoms with van der Waals surface area (Å²) in [5, 5.41) is 0. The molecule has 0 unspecified atom stereocenters. The van der Waals surface area contributed by atoms with Gasteiger partial charge < -0.3 is 9.80 Å². The van der Waals surface area contributed by atoms with Crippen LogP contribution in [-0.2, 0) is 9.59 Å². The van der Waals surface area contributed by atoms with Crippen LogP contribution in [0.25, 0.3) is 0 Å². The molecule has 4 heteroatoms. The minimum Gasteiger partial charge on any atom is -0.308 e. The first-order valence-corrected chi connectivity index (χ1v) is 8.30. The molecule has 0 spiro atoms. The molecule has 1 atom stereocenters. The average molecular weight is 300 g/mol. The van der Waals surface area contributed by atoms with Crippen molar-refractivity contribution in [1.82, 2.24) is 0 Å². The number of hydrogen-bond donors (Lipinski definition) is 0. The second-order valence-electron chi connectivity index (χ2n) is 6.51. The third kappa shape index (κ3) is 2.62. The lowest BCUT2D eigenvalue weighted by Gasteiger charge is -2.42. The van der Waals surface area contributed by atoms with Gasteiger partial charge in [0.2, 0.25) is 11.8 Å². The Bertz CT molecular complexity index is 578. The molecule has 118 valence electrons. The number of carbonyl (C=O) groups excluding carboxylic acids is 2. The zero-order valence-corrected chi connectivity index (χ0v) is 13.4. The van der Waals surface area contributed by atoms with Gasteiger partial charge in [-0.15, -0.1) is 0 Å². The standard InChI is InChI=1S/C18H24N2O2/c1-13-12-19(18(22)15-8-4-3-5-9-15)16-10-6-7-11-17(16)20(13)14(2)21/h6-7,10-11,13,15H,3-5,8-9,12H2,1-2H3/t13-/m0/s1. The smallest absolute Gasteiger partial charge is 0.230 e. The molecule has 2 amide bonds. The van der Waals surface area contributed by atoms with E-state index in [0.29, 0.717) is 6.54 Å². The van der Waals surface area contributed by atoms with Gasteiger partial charge in [-0.25, -0.2) is 0 Å². The van der Waals surface area contributed by atoms with Gasteiger partial charge in [-0.1, -0.05) is 31.4 Å². The number of anilines is 2. The molecule has 4 nitrogen and oxygen atoms in total. The highest BCUT2D eigenvalue weighted by atomic mass is 16.2. The van der Waals surface area contributed by atoms with Crippen LogP contribution in [0.3, 0.4) is 0 Å². The largest absolute Gasteiger partial charge is 0.308 e. The molecule has 0 saturated heterocycles. The van der Waals surface area contributed by atoms with Crippen molar-refractivity contribution < 1.29 is 9.59 Å². The van der Waals surface area contributed by atoms with E-state index in [-0.39, 0.29) is 23.8 Å². The molecule has 0 aromatic heterocycles. The van der Waals surface area contributed by atoms with Crippen molar-refractivity contribution >= 4 is 23.2 Å². The van der Waals surface area contributed by atoms with E-state index in [2.05, 4.69) is 0 Å². The minimum atomic E-state index is 0.0138. The summed E-state index contributed by atoms with van der Waals surface area (Å²) < 4.78 is 0. The molecular formula is C18H24N2O2. The molecule has 0 radical (unpaired) electrons. The molecule has 1 aliphatic carbocycles. The first-order chi connectivity index (χ1) is 10.6. The van der Waals surface area contributed by atoms with Crippen LogP contribution in [0.5, 0.6) is 0 Å². The average Bonchev–Trinajstić information content (AvgIpc) is 2.53. The number of nitrogens with zero attached hydrogens (tertiary/aromatic N) is 2. The van der Waals surface area contributed by atoms with Crippen LogP contribution >= 0.6 is 0 Å². The van der Waals surface area contributed by atoms with Crippen molar-refractivity contribution in [2.75, 3.05) is 16.3 Å². The van der Waals surface area contributed by atoms with E-state index >= 15 is 0 Å². The van der Waals surface area contributed by atoms with Crippen LogP contribution < -0.4 is 9.80 Å². The van der Waals surface area contributed by atoms with Crippen LogP contribution in [0.15, 0.2) is 24.3 Å². The lowest BCUT2D eigenvalue weighted by atomic mass is 9.87. The molecule has 1 fully saturated rings. The number of carbonyl (C=O) groups is 2. The van der Waals surface area contributed by atoms with Gasteiger partial charge in [0, 0.05) is 19.4 Å². The van der Waals surface area contributed by atoms with Crippen LogP contribution in [-0.4, -0.2) is 24.4 Å². The van der Waals surface area contributed by atoms with Gasteiger partial charge in [0.05, 0.1) is 17.4 Å². The van der Waals surface area contributed by atoms with Crippen molar-refractivity contribution in [3.05, 3.63) is 24.3 Å². The molecule has 1 aromatic rings. The van der Waals surface area contributed by atoms with Gasteiger partial charge in [0.25, 0.3) is 0 Å². The Morgan fingerprint density at radius 1 is 1.05 bits per heavy atom. The van der Waals surface area contributed by atoms with E-state index in [1.165, 1.54) is 6.42 Å². The molecule has 0 N–H and O–H groups in total. The minimum absolute atomic E-state index is 0.0138. The fourth-order valence-corrected chi connectivity index (χ4v) is 3.84. The highest BCUT2D eigenvalue weighted by Crippen LogP contribution is 2.37. The Hall–Kier alpha value is -1.84. The molecule has 3 rings (SSSR count). The SMILES string of the molecule is CC(=O)N1c2ccccc2N(C(=O)C2CCCCC2)C[C@@H]1C. The zero-order valence-electron chi connectivity index (χ0n) is 13.4. The van der Waals surface area contributed by atoms with Crippen molar-refractivity contribution in [3.8, 4) is 0 Å². The molecule has 2 aliphatic rings. The fraction of sp³-hybridized carbons (Fsp3) is 0.556. The normalized spacial score (nSPS) is 22.4. The molecule has 1 heterocycles. The van der Waals surface area contributed by atoms with Crippen LogP contribution in [0, 0.1) is 5.92 Å². The summed E-state index contributed by atoms with van der Waals surface area (Å²) in [6.45, 7) is 4.19. The van der Waals surface area contributed by atoms with E-state index in [1.807, 2.05) is 36.1 Å². The topological polar surface area (TPSA) is 40.6 Å². The highest BCUT2D eigenvalue weighted by Gasteiger charge is 2.35. The van der Waals surface area contributed by atoms with Gasteiger partial charge in [0.15, 0.2) is 0 Å². The summed E-state index contributed by atoms with van der Waals surface area (Å²) in [6, 6.07) is 7.77. The number of amides is 2. The first kappa shape index (κ1) is 15.1. The first-order valence-electron chi connectivity index (χ1n) is 8.30. The Kier molecular flexibility index (Phi) is 4.19. The second-order valence-corrected chi connectivity index (χ2v) is 6.51. The van der Waals surface area contributed by atoms with E-state index in [1.54, 1.807) is 11.8 Å². The maximum Gasteiger partial charge on any atom is 0.230 e. The van der Waals surface area contributed by atoms with E-state index in [0.717, 1.165) is 37.1 Å². The summed E-state index contributed by atoms with van der Waals surface area (Å²) in [5.74, 6) is 0.421. The number of para-hydroxylation sites is 2. The quantitative estimate of drug-likeness (QED) is 0.798. The number of fused-ring (bicyclic) bond motifs is 1. The Labute approximate surface area is 132 Å². The van der Waals surface area contributed by atoms with Crippen LogP contribution in [0.4, 0.5) is 11.4 Å². The van der Waals surface area contributed by atoms with E-state index in [4.69, 9.17) is 0 Å². The van der Waals surface area contributed by atoms with Crippen molar-refractivity contribution in [2.45, 2.75) is 52.0 Å². The fourth-order valence-electron chi connectivity index (χ4n) is 3.84. The van der Waals surface area contributed by atoms with Crippen molar-refractivity contribution in [1.29, 1.82) is 0 Å². The summed E-state index contributed by atoms with van der Waals surface area (Å²) >= 11 is 0. The number of benzene rings is 1. The number of hydrogen-bond acceptors (Lipinski definition) is 2. The highest BCUT2D eigenvalue weighted by molar-refractivity contribution is 6.04. The van der Waals surface area contributed by atoms with Gasteiger partial charge in [-0.05, 0) is 31.9 Å². The summed E-state index contributed by atoms with van der Waals surface area (Å²) in [5.41, 5.74) is 1.74. The van der Waals surface area contributed by atoms with Gasteiger partial charge in [-0.2, -0.15) is 0 Å².